The van der Waals surface area contributed by atoms with E-state index in [2.05, 4.69) is 6.92 Å². The molecule has 5 heteroatoms. The molecular weight excluding hydrogens is 297 g/mol. The molecule has 1 aromatic carbocycles. The van der Waals surface area contributed by atoms with Crippen molar-refractivity contribution in [3.8, 4) is 0 Å². The maximum absolute atomic E-state index is 12.2. The van der Waals surface area contributed by atoms with Crippen molar-refractivity contribution in [2.75, 3.05) is 0 Å². The maximum Gasteiger partial charge on any atom is 0.446 e. The van der Waals surface area contributed by atoms with E-state index in [0.29, 0.717) is 12.0 Å². The molecule has 0 aliphatic carbocycles. The van der Waals surface area contributed by atoms with Crippen LogP contribution >= 0.6 is 11.8 Å². The van der Waals surface area contributed by atoms with Crippen molar-refractivity contribution in [2.45, 2.75) is 68.4 Å². The third-order valence-electron chi connectivity index (χ3n) is 3.33. The monoisotopic (exact) mass is 320 g/mol. The average Bonchev–Trinajstić information content (AvgIpc) is 2.41. The lowest BCUT2D eigenvalue weighted by Gasteiger charge is -2.12. The lowest BCUT2D eigenvalue weighted by atomic mass is 10.0. The minimum Gasteiger partial charge on any atom is -0.388 e. The first-order chi connectivity index (χ1) is 9.92. The molecule has 120 valence electrons. The highest BCUT2D eigenvalue weighted by molar-refractivity contribution is 8.00. The molecule has 0 amide bonds. The summed E-state index contributed by atoms with van der Waals surface area (Å²) < 4.78 is 36.6. The van der Waals surface area contributed by atoms with Crippen molar-refractivity contribution in [2.24, 2.45) is 0 Å². The van der Waals surface area contributed by atoms with Gasteiger partial charge in [-0.05, 0) is 35.9 Å². The van der Waals surface area contributed by atoms with Gasteiger partial charge in [0, 0.05) is 4.90 Å². The predicted molar refractivity (Wildman–Crippen MR) is 81.3 cm³/mol. The summed E-state index contributed by atoms with van der Waals surface area (Å²) >= 11 is -0.131. The quantitative estimate of drug-likeness (QED) is 0.439. The molecule has 0 fully saturated rings. The lowest BCUT2D eigenvalue weighted by Crippen LogP contribution is -2.00. The van der Waals surface area contributed by atoms with Crippen molar-refractivity contribution < 1.29 is 18.3 Å². The SMILES string of the molecule is CCCCCCCCC(O)c1ccc(SC(F)(F)F)cc1. The normalized spacial score (nSPS) is 13.4. The Morgan fingerprint density at radius 1 is 1.00 bits per heavy atom. The minimum atomic E-state index is -4.27. The Balaban J connectivity index is 2.32. The first kappa shape index (κ1) is 18.4. The van der Waals surface area contributed by atoms with Crippen molar-refractivity contribution in [3.05, 3.63) is 29.8 Å². The Morgan fingerprint density at radius 3 is 2.14 bits per heavy atom. The Labute approximate surface area is 128 Å². The fourth-order valence-corrected chi connectivity index (χ4v) is 2.72. The van der Waals surface area contributed by atoms with Gasteiger partial charge in [0.15, 0.2) is 0 Å². The smallest absolute Gasteiger partial charge is 0.388 e. The average molecular weight is 320 g/mol. The van der Waals surface area contributed by atoms with Crippen molar-refractivity contribution in [1.29, 1.82) is 0 Å². The summed E-state index contributed by atoms with van der Waals surface area (Å²) in [7, 11) is 0. The van der Waals surface area contributed by atoms with E-state index in [1.165, 1.54) is 37.8 Å². The Morgan fingerprint density at radius 2 is 1.57 bits per heavy atom. The van der Waals surface area contributed by atoms with E-state index >= 15 is 0 Å². The van der Waals surface area contributed by atoms with Gasteiger partial charge in [-0.25, -0.2) is 0 Å². The Bertz CT molecular complexity index is 390. The first-order valence-electron chi connectivity index (χ1n) is 7.46. The number of rotatable bonds is 9. The molecule has 1 N–H and O–H groups in total. The molecule has 1 atom stereocenters. The number of hydrogen-bond donors (Lipinski definition) is 1. The summed E-state index contributed by atoms with van der Waals surface area (Å²) in [6, 6.07) is 5.99. The molecule has 1 aromatic rings. The number of aliphatic hydroxyl groups is 1. The second-order valence-electron chi connectivity index (χ2n) is 5.19. The van der Waals surface area contributed by atoms with E-state index < -0.39 is 11.6 Å². The van der Waals surface area contributed by atoms with Crippen LogP contribution in [0.1, 0.15) is 63.5 Å². The summed E-state index contributed by atoms with van der Waals surface area (Å²) in [6.45, 7) is 2.17. The number of thioether (sulfide) groups is 1. The predicted octanol–water partition coefficient (Wildman–Crippen LogP) is 6.08. The maximum atomic E-state index is 12.2. The van der Waals surface area contributed by atoms with E-state index in [-0.39, 0.29) is 16.7 Å². The zero-order valence-electron chi connectivity index (χ0n) is 12.3. The van der Waals surface area contributed by atoms with Crippen LogP contribution in [0.3, 0.4) is 0 Å². The summed E-state index contributed by atoms with van der Waals surface area (Å²) in [5.74, 6) is 0. The topological polar surface area (TPSA) is 20.2 Å². The van der Waals surface area contributed by atoms with Crippen LogP contribution in [0, 0.1) is 0 Å². The highest BCUT2D eigenvalue weighted by atomic mass is 32.2. The molecular formula is C16H23F3OS. The van der Waals surface area contributed by atoms with E-state index in [4.69, 9.17) is 0 Å². The number of alkyl halides is 3. The van der Waals surface area contributed by atoms with Crippen LogP contribution in [-0.2, 0) is 0 Å². The molecule has 21 heavy (non-hydrogen) atoms. The van der Waals surface area contributed by atoms with Crippen LogP contribution in [-0.4, -0.2) is 10.6 Å². The van der Waals surface area contributed by atoms with Crippen molar-refractivity contribution in [1.82, 2.24) is 0 Å². The Hall–Kier alpha value is -0.680. The van der Waals surface area contributed by atoms with Gasteiger partial charge in [-0.15, -0.1) is 0 Å². The van der Waals surface area contributed by atoms with Crippen LogP contribution in [0.25, 0.3) is 0 Å². The first-order valence-corrected chi connectivity index (χ1v) is 8.28. The van der Waals surface area contributed by atoms with Crippen LogP contribution in [0.5, 0.6) is 0 Å². The number of unbranched alkanes of at least 4 members (excludes halogenated alkanes) is 5. The third kappa shape index (κ3) is 8.37. The van der Waals surface area contributed by atoms with Crippen LogP contribution in [0.4, 0.5) is 13.2 Å². The fraction of sp³-hybridized carbons (Fsp3) is 0.625. The Kier molecular flexibility index (Phi) is 8.19. The third-order valence-corrected chi connectivity index (χ3v) is 4.07. The van der Waals surface area contributed by atoms with Gasteiger partial charge in [-0.2, -0.15) is 13.2 Å². The van der Waals surface area contributed by atoms with Gasteiger partial charge in [-0.3, -0.25) is 0 Å². The molecule has 1 unspecified atom stereocenters. The van der Waals surface area contributed by atoms with Gasteiger partial charge in [-0.1, -0.05) is 57.6 Å². The van der Waals surface area contributed by atoms with Crippen LogP contribution < -0.4 is 0 Å². The summed E-state index contributed by atoms with van der Waals surface area (Å²) in [4.78, 5) is 0.151. The second kappa shape index (κ2) is 9.36. The number of halogens is 3. The molecule has 0 heterocycles. The minimum absolute atomic E-state index is 0.131. The molecule has 0 saturated heterocycles. The van der Waals surface area contributed by atoms with E-state index in [0.717, 1.165) is 12.8 Å². The molecule has 1 nitrogen and oxygen atoms in total. The highest BCUT2D eigenvalue weighted by Crippen LogP contribution is 2.37. The van der Waals surface area contributed by atoms with E-state index in [1.54, 1.807) is 12.1 Å². The van der Waals surface area contributed by atoms with Crippen LogP contribution in [0.15, 0.2) is 29.2 Å². The van der Waals surface area contributed by atoms with Gasteiger partial charge in [0.1, 0.15) is 0 Å². The van der Waals surface area contributed by atoms with Gasteiger partial charge in [0.05, 0.1) is 6.10 Å². The van der Waals surface area contributed by atoms with Gasteiger partial charge in [0.25, 0.3) is 0 Å². The lowest BCUT2D eigenvalue weighted by molar-refractivity contribution is -0.0328. The zero-order chi connectivity index (χ0) is 15.7. The van der Waals surface area contributed by atoms with E-state index in [9.17, 15) is 18.3 Å². The molecule has 0 saturated carbocycles. The molecule has 1 rings (SSSR count). The molecule has 0 aliphatic heterocycles. The number of hydrogen-bond acceptors (Lipinski definition) is 2. The molecule has 0 radical (unpaired) electrons. The van der Waals surface area contributed by atoms with Crippen LogP contribution in [0.2, 0.25) is 0 Å². The fourth-order valence-electron chi connectivity index (χ4n) is 2.18. The summed E-state index contributed by atoms with van der Waals surface area (Å²) in [5, 5.41) is 10.0. The number of aliphatic hydroxyl groups excluding tert-OH is 1. The summed E-state index contributed by atoms with van der Waals surface area (Å²) in [6.07, 6.45) is 7.01. The van der Waals surface area contributed by atoms with Crippen molar-refractivity contribution in [3.63, 3.8) is 0 Å². The zero-order valence-corrected chi connectivity index (χ0v) is 13.1. The molecule has 0 aliphatic rings. The van der Waals surface area contributed by atoms with Gasteiger partial charge >= 0.3 is 5.51 Å². The molecule has 0 aromatic heterocycles. The van der Waals surface area contributed by atoms with Gasteiger partial charge in [0.2, 0.25) is 0 Å². The van der Waals surface area contributed by atoms with Crippen molar-refractivity contribution >= 4 is 11.8 Å². The standard InChI is InChI=1S/C16H23F3OS/c1-2-3-4-5-6-7-8-15(20)13-9-11-14(12-10-13)21-16(17,18)19/h9-12,15,20H,2-8H2,1H3. The summed E-state index contributed by atoms with van der Waals surface area (Å²) in [5.41, 5.74) is -3.58. The highest BCUT2D eigenvalue weighted by Gasteiger charge is 2.29. The largest absolute Gasteiger partial charge is 0.446 e. The number of benzene rings is 1. The molecule has 0 spiro atoms. The van der Waals surface area contributed by atoms with Gasteiger partial charge < -0.3 is 5.11 Å². The van der Waals surface area contributed by atoms with E-state index in [1.807, 2.05) is 0 Å². The second-order valence-corrected chi connectivity index (χ2v) is 6.33. The molecule has 0 bridgehead atoms.